The van der Waals surface area contributed by atoms with Crippen LogP contribution >= 0.6 is 11.8 Å². The minimum Gasteiger partial charge on any atom is -0.416 e. The summed E-state index contributed by atoms with van der Waals surface area (Å²) < 4.78 is 43.8. The fraction of sp³-hybridized carbons (Fsp3) is 0.182. The summed E-state index contributed by atoms with van der Waals surface area (Å²) in [5, 5.41) is 14.6. The van der Waals surface area contributed by atoms with Gasteiger partial charge in [0.2, 0.25) is 5.89 Å². The van der Waals surface area contributed by atoms with Crippen LogP contribution < -0.4 is 5.73 Å². The molecule has 0 unspecified atom stereocenters. The first-order valence-corrected chi connectivity index (χ1v) is 6.12. The highest BCUT2D eigenvalue weighted by atomic mass is 32.2. The number of nitrogens with one attached hydrogen (secondary N) is 1. The zero-order chi connectivity index (χ0) is 14.9. The van der Waals surface area contributed by atoms with Crippen LogP contribution in [0, 0.1) is 12.3 Å². The molecule has 0 saturated heterocycles. The molecule has 0 aliphatic rings. The van der Waals surface area contributed by atoms with Crippen LogP contribution in [-0.4, -0.2) is 16.0 Å². The maximum absolute atomic E-state index is 12.9. The van der Waals surface area contributed by atoms with E-state index in [1.54, 1.807) is 6.92 Å². The van der Waals surface area contributed by atoms with E-state index < -0.39 is 17.6 Å². The molecule has 1 aromatic heterocycles. The molecule has 0 fully saturated rings. The first-order chi connectivity index (χ1) is 9.27. The highest BCUT2D eigenvalue weighted by molar-refractivity contribution is 7.99. The van der Waals surface area contributed by atoms with Crippen molar-refractivity contribution in [2.75, 3.05) is 0 Å². The smallest absolute Gasteiger partial charge is 0.416 e. The standard InChI is InChI=1S/C11H9F3N4OS/c1-5-17-18-10(19-5)20-6-2-3-7(9(15)16)8(4-6)11(12,13)14/h2-4H,1H3,(H3,15,16). The number of aryl methyl sites for hydroxylation is 1. The molecule has 0 radical (unpaired) electrons. The Morgan fingerprint density at radius 2 is 2.05 bits per heavy atom. The molecule has 1 heterocycles. The highest BCUT2D eigenvalue weighted by Crippen LogP contribution is 2.36. The number of halogens is 3. The second-order valence-corrected chi connectivity index (χ2v) is 4.83. The lowest BCUT2D eigenvalue weighted by Gasteiger charge is -2.12. The van der Waals surface area contributed by atoms with Gasteiger partial charge in [-0.05, 0) is 30.0 Å². The summed E-state index contributed by atoms with van der Waals surface area (Å²) >= 11 is 0.908. The maximum atomic E-state index is 12.9. The summed E-state index contributed by atoms with van der Waals surface area (Å²) in [6, 6.07) is 3.47. The predicted octanol–water partition coefficient (Wildman–Crippen LogP) is 2.83. The number of benzene rings is 1. The van der Waals surface area contributed by atoms with Gasteiger partial charge >= 0.3 is 6.18 Å². The average molecular weight is 302 g/mol. The van der Waals surface area contributed by atoms with E-state index in [9.17, 15) is 13.2 Å². The number of nitrogen functional groups attached to an aromatic ring is 1. The third-order valence-electron chi connectivity index (χ3n) is 2.30. The van der Waals surface area contributed by atoms with E-state index >= 15 is 0 Å². The van der Waals surface area contributed by atoms with Crippen LogP contribution in [0.3, 0.4) is 0 Å². The first kappa shape index (κ1) is 14.4. The molecule has 0 spiro atoms. The van der Waals surface area contributed by atoms with Crippen LogP contribution in [0.25, 0.3) is 0 Å². The molecule has 0 saturated carbocycles. The van der Waals surface area contributed by atoms with Crippen LogP contribution in [-0.2, 0) is 6.18 Å². The van der Waals surface area contributed by atoms with Gasteiger partial charge in [0, 0.05) is 17.4 Å². The summed E-state index contributed by atoms with van der Waals surface area (Å²) in [6.45, 7) is 1.58. The van der Waals surface area contributed by atoms with E-state index in [0.717, 1.165) is 23.9 Å². The SMILES string of the molecule is Cc1nnc(Sc2ccc(C(=N)N)c(C(F)(F)F)c2)o1. The van der Waals surface area contributed by atoms with Gasteiger partial charge in [-0.1, -0.05) is 0 Å². The van der Waals surface area contributed by atoms with E-state index in [4.69, 9.17) is 15.6 Å². The van der Waals surface area contributed by atoms with Crippen molar-refractivity contribution >= 4 is 17.6 Å². The molecular weight excluding hydrogens is 293 g/mol. The molecule has 20 heavy (non-hydrogen) atoms. The molecule has 0 bridgehead atoms. The Hall–Kier alpha value is -2.03. The Balaban J connectivity index is 2.39. The van der Waals surface area contributed by atoms with Crippen LogP contribution in [0.1, 0.15) is 17.0 Å². The summed E-state index contributed by atoms with van der Waals surface area (Å²) in [5.41, 5.74) is 3.83. The molecule has 3 N–H and O–H groups in total. The second-order valence-electron chi connectivity index (χ2n) is 3.81. The lowest BCUT2D eigenvalue weighted by Crippen LogP contribution is -2.18. The zero-order valence-electron chi connectivity index (χ0n) is 10.2. The third kappa shape index (κ3) is 3.10. The van der Waals surface area contributed by atoms with Crippen molar-refractivity contribution in [1.82, 2.24) is 10.2 Å². The largest absolute Gasteiger partial charge is 0.417 e. The molecule has 0 amide bonds. The van der Waals surface area contributed by atoms with Crippen molar-refractivity contribution in [2.24, 2.45) is 5.73 Å². The fourth-order valence-electron chi connectivity index (χ4n) is 1.48. The molecule has 0 aliphatic carbocycles. The predicted molar refractivity (Wildman–Crippen MR) is 65.6 cm³/mol. The number of amidine groups is 1. The molecule has 0 aliphatic heterocycles. The Bertz CT molecular complexity index is 653. The molecule has 2 rings (SSSR count). The molecule has 2 aromatic rings. The summed E-state index contributed by atoms with van der Waals surface area (Å²) in [4.78, 5) is 0.269. The van der Waals surface area contributed by atoms with Gasteiger partial charge in [-0.25, -0.2) is 0 Å². The van der Waals surface area contributed by atoms with Gasteiger partial charge in [0.25, 0.3) is 5.22 Å². The minimum absolute atomic E-state index is 0.145. The topological polar surface area (TPSA) is 88.8 Å². The number of nitrogens with two attached hydrogens (primary N) is 1. The van der Waals surface area contributed by atoms with Crippen molar-refractivity contribution in [3.05, 3.63) is 35.2 Å². The fourth-order valence-corrected chi connectivity index (χ4v) is 2.24. The van der Waals surface area contributed by atoms with Gasteiger partial charge in [-0.2, -0.15) is 13.2 Å². The third-order valence-corrected chi connectivity index (χ3v) is 3.13. The first-order valence-electron chi connectivity index (χ1n) is 5.31. The highest BCUT2D eigenvalue weighted by Gasteiger charge is 2.34. The molecule has 0 atom stereocenters. The maximum Gasteiger partial charge on any atom is 0.417 e. The van der Waals surface area contributed by atoms with Crippen molar-refractivity contribution in [2.45, 2.75) is 23.2 Å². The van der Waals surface area contributed by atoms with Gasteiger partial charge in [-0.3, -0.25) is 5.41 Å². The van der Waals surface area contributed by atoms with E-state index in [2.05, 4.69) is 10.2 Å². The Morgan fingerprint density at radius 3 is 2.55 bits per heavy atom. The van der Waals surface area contributed by atoms with E-state index in [-0.39, 0.29) is 15.7 Å². The average Bonchev–Trinajstić information content (AvgIpc) is 2.73. The van der Waals surface area contributed by atoms with E-state index in [1.807, 2.05) is 0 Å². The molecule has 9 heteroatoms. The van der Waals surface area contributed by atoms with Crippen molar-refractivity contribution in [1.29, 1.82) is 5.41 Å². The zero-order valence-corrected chi connectivity index (χ0v) is 11.0. The monoisotopic (exact) mass is 302 g/mol. The van der Waals surface area contributed by atoms with Crippen molar-refractivity contribution in [3.63, 3.8) is 0 Å². The summed E-state index contributed by atoms with van der Waals surface area (Å²) in [7, 11) is 0. The lowest BCUT2D eigenvalue weighted by atomic mass is 10.1. The molecular formula is C11H9F3N4OS. The molecule has 5 nitrogen and oxygen atoms in total. The molecule has 1 aromatic carbocycles. The summed E-state index contributed by atoms with van der Waals surface area (Å²) in [6.07, 6.45) is -4.59. The number of rotatable bonds is 3. The summed E-state index contributed by atoms with van der Waals surface area (Å²) in [5.74, 6) is -0.314. The van der Waals surface area contributed by atoms with Crippen molar-refractivity contribution in [3.8, 4) is 0 Å². The van der Waals surface area contributed by atoms with Gasteiger partial charge in [-0.15, -0.1) is 10.2 Å². The second kappa shape index (κ2) is 5.16. The number of nitrogens with zero attached hydrogens (tertiary/aromatic N) is 2. The van der Waals surface area contributed by atoms with E-state index in [0.29, 0.717) is 5.89 Å². The van der Waals surface area contributed by atoms with E-state index in [1.165, 1.54) is 6.07 Å². The molecule has 106 valence electrons. The van der Waals surface area contributed by atoms with Gasteiger partial charge in [0.05, 0.1) is 5.56 Å². The Labute approximate surface area is 115 Å². The minimum atomic E-state index is -4.59. The normalized spacial score (nSPS) is 11.6. The van der Waals surface area contributed by atoms with Crippen LogP contribution in [0.15, 0.2) is 32.7 Å². The lowest BCUT2D eigenvalue weighted by molar-refractivity contribution is -0.137. The van der Waals surface area contributed by atoms with Crippen molar-refractivity contribution < 1.29 is 17.6 Å². The van der Waals surface area contributed by atoms with Crippen LogP contribution in [0.5, 0.6) is 0 Å². The van der Waals surface area contributed by atoms with Crippen LogP contribution in [0.2, 0.25) is 0 Å². The van der Waals surface area contributed by atoms with Gasteiger partial charge in [0.1, 0.15) is 5.84 Å². The number of hydrogen-bond acceptors (Lipinski definition) is 5. The van der Waals surface area contributed by atoms with Gasteiger partial charge in [0.15, 0.2) is 0 Å². The Kier molecular flexibility index (Phi) is 3.71. The van der Waals surface area contributed by atoms with Gasteiger partial charge < -0.3 is 10.2 Å². The number of hydrogen-bond donors (Lipinski definition) is 2. The Morgan fingerprint density at radius 1 is 1.35 bits per heavy atom. The number of alkyl halides is 3. The number of aromatic nitrogens is 2. The van der Waals surface area contributed by atoms with Crippen LogP contribution in [0.4, 0.5) is 13.2 Å². The quantitative estimate of drug-likeness (QED) is 0.672.